The maximum absolute atomic E-state index is 12.7. The molecule has 0 unspecified atom stereocenters. The second-order valence-corrected chi connectivity index (χ2v) is 7.39. The number of rotatable bonds is 3. The lowest BCUT2D eigenvalue weighted by molar-refractivity contribution is -0.127. The number of hydrogen-bond donors (Lipinski definition) is 0. The van der Waals surface area contributed by atoms with Crippen LogP contribution in [0.2, 0.25) is 5.02 Å². The van der Waals surface area contributed by atoms with Gasteiger partial charge in [0, 0.05) is 22.7 Å². The Morgan fingerprint density at radius 3 is 2.75 bits per heavy atom. The number of fused-ring (bicyclic) bond motifs is 1. The number of carbonyl (C=O) groups is 2. The number of hydrogen-bond acceptors (Lipinski definition) is 4. The smallest absolute Gasteiger partial charge is 0.280 e. The Morgan fingerprint density at radius 1 is 1.29 bits per heavy atom. The maximum Gasteiger partial charge on any atom is 0.280 e. The van der Waals surface area contributed by atoms with Crippen molar-refractivity contribution in [3.63, 3.8) is 0 Å². The summed E-state index contributed by atoms with van der Waals surface area (Å²) in [7, 11) is 0. The number of ketones is 1. The van der Waals surface area contributed by atoms with Crippen LogP contribution in [0.15, 0.2) is 24.4 Å². The number of nitrogens with zero attached hydrogens (tertiary/aromatic N) is 4. The third-order valence-electron chi connectivity index (χ3n) is 4.09. The van der Waals surface area contributed by atoms with E-state index in [0.29, 0.717) is 11.6 Å². The molecular formula is C17H19ClN4O2. The first-order chi connectivity index (χ1) is 11.3. The second kappa shape index (κ2) is 6.02. The summed E-state index contributed by atoms with van der Waals surface area (Å²) in [6.07, 6.45) is 2.31. The molecule has 24 heavy (non-hydrogen) atoms. The standard InChI is InChI=1S/C17H19ClN4O2/c1-17(2,3)15(23)10-21-9-13(19-20-21)16(24)22-7-6-11-4-5-12(18)8-14(11)22/h4-5,8-9H,6-7,10H2,1-3H3. The van der Waals surface area contributed by atoms with Crippen LogP contribution in [0.4, 0.5) is 5.69 Å². The van der Waals surface area contributed by atoms with Crippen molar-refractivity contribution in [1.29, 1.82) is 0 Å². The first-order valence-corrected chi connectivity index (χ1v) is 8.17. The normalized spacial score (nSPS) is 13.9. The molecule has 0 bridgehead atoms. The molecule has 0 saturated heterocycles. The largest absolute Gasteiger partial charge is 0.306 e. The highest BCUT2D eigenvalue weighted by molar-refractivity contribution is 6.31. The highest BCUT2D eigenvalue weighted by atomic mass is 35.5. The van der Waals surface area contributed by atoms with Gasteiger partial charge >= 0.3 is 0 Å². The number of amides is 1. The molecule has 0 fully saturated rings. The number of aromatic nitrogens is 3. The van der Waals surface area contributed by atoms with E-state index in [-0.39, 0.29) is 23.9 Å². The number of benzene rings is 1. The zero-order valence-electron chi connectivity index (χ0n) is 13.9. The van der Waals surface area contributed by atoms with Crippen molar-refractivity contribution in [3.8, 4) is 0 Å². The van der Waals surface area contributed by atoms with Crippen LogP contribution >= 0.6 is 11.6 Å². The summed E-state index contributed by atoms with van der Waals surface area (Å²) in [5, 5.41) is 8.43. The van der Waals surface area contributed by atoms with Gasteiger partial charge in [-0.15, -0.1) is 5.10 Å². The van der Waals surface area contributed by atoms with Crippen molar-refractivity contribution in [2.75, 3.05) is 11.4 Å². The van der Waals surface area contributed by atoms with Gasteiger partial charge in [0.15, 0.2) is 11.5 Å². The van der Waals surface area contributed by atoms with Gasteiger partial charge in [-0.05, 0) is 24.1 Å². The topological polar surface area (TPSA) is 68.1 Å². The Labute approximate surface area is 145 Å². The minimum Gasteiger partial charge on any atom is -0.306 e. The summed E-state index contributed by atoms with van der Waals surface area (Å²) in [5.41, 5.74) is 1.67. The molecule has 3 rings (SSSR count). The first-order valence-electron chi connectivity index (χ1n) is 7.79. The van der Waals surface area contributed by atoms with Crippen LogP contribution in [0.5, 0.6) is 0 Å². The van der Waals surface area contributed by atoms with Crippen LogP contribution in [0.1, 0.15) is 36.8 Å². The molecular weight excluding hydrogens is 328 g/mol. The van der Waals surface area contributed by atoms with Crippen molar-refractivity contribution >= 4 is 29.0 Å². The highest BCUT2D eigenvalue weighted by Crippen LogP contribution is 2.31. The lowest BCUT2D eigenvalue weighted by Gasteiger charge is -2.16. The van der Waals surface area contributed by atoms with Crippen LogP contribution in [0.25, 0.3) is 0 Å². The number of carbonyl (C=O) groups excluding carboxylic acids is 2. The fraction of sp³-hybridized carbons (Fsp3) is 0.412. The number of Topliss-reactive ketones (excluding diaryl/α,β-unsaturated/α-hetero) is 1. The first kappa shape index (κ1) is 16.6. The van der Waals surface area contributed by atoms with Crippen molar-refractivity contribution in [2.24, 2.45) is 5.41 Å². The van der Waals surface area contributed by atoms with Gasteiger partial charge in [0.2, 0.25) is 0 Å². The Morgan fingerprint density at radius 2 is 2.04 bits per heavy atom. The molecule has 0 radical (unpaired) electrons. The Kier molecular flexibility index (Phi) is 4.17. The molecule has 1 aromatic carbocycles. The fourth-order valence-electron chi connectivity index (χ4n) is 2.56. The van der Waals surface area contributed by atoms with E-state index in [1.807, 2.05) is 32.9 Å². The lowest BCUT2D eigenvalue weighted by atomic mass is 9.91. The molecule has 1 aliphatic rings. The van der Waals surface area contributed by atoms with E-state index < -0.39 is 5.41 Å². The van der Waals surface area contributed by atoms with E-state index in [9.17, 15) is 9.59 Å². The molecule has 126 valence electrons. The molecule has 2 aromatic rings. The van der Waals surface area contributed by atoms with Crippen LogP contribution in [-0.4, -0.2) is 33.2 Å². The molecule has 0 aliphatic carbocycles. The van der Waals surface area contributed by atoms with Gasteiger partial charge in [-0.25, -0.2) is 4.68 Å². The van der Waals surface area contributed by atoms with Crippen LogP contribution in [0.3, 0.4) is 0 Å². The van der Waals surface area contributed by atoms with Gasteiger partial charge in [0.05, 0.1) is 6.20 Å². The van der Waals surface area contributed by atoms with E-state index in [4.69, 9.17) is 11.6 Å². The molecule has 2 heterocycles. The van der Waals surface area contributed by atoms with Crippen LogP contribution in [0, 0.1) is 5.41 Å². The zero-order valence-corrected chi connectivity index (χ0v) is 14.7. The zero-order chi connectivity index (χ0) is 17.5. The Hall–Kier alpha value is -2.21. The second-order valence-electron chi connectivity index (χ2n) is 6.95. The summed E-state index contributed by atoms with van der Waals surface area (Å²) in [5.74, 6) is -0.199. The number of anilines is 1. The van der Waals surface area contributed by atoms with Crippen molar-refractivity contribution in [3.05, 3.63) is 40.7 Å². The molecule has 0 spiro atoms. The summed E-state index contributed by atoms with van der Waals surface area (Å²) in [6, 6.07) is 5.54. The Bertz CT molecular complexity index is 807. The predicted octanol–water partition coefficient (Wildman–Crippen LogP) is 2.75. The summed E-state index contributed by atoms with van der Waals surface area (Å²) >= 11 is 6.04. The summed E-state index contributed by atoms with van der Waals surface area (Å²) in [4.78, 5) is 26.4. The van der Waals surface area contributed by atoms with Gasteiger partial charge < -0.3 is 4.90 Å². The molecule has 0 saturated carbocycles. The average Bonchev–Trinajstić information content (AvgIpc) is 3.12. The van der Waals surface area contributed by atoms with Crippen LogP contribution < -0.4 is 4.90 Å². The molecule has 1 aromatic heterocycles. The maximum atomic E-state index is 12.7. The van der Waals surface area contributed by atoms with Gasteiger partial charge in [-0.3, -0.25) is 9.59 Å². The molecule has 1 amide bonds. The van der Waals surface area contributed by atoms with E-state index >= 15 is 0 Å². The highest BCUT2D eigenvalue weighted by Gasteiger charge is 2.28. The van der Waals surface area contributed by atoms with Crippen molar-refractivity contribution in [1.82, 2.24) is 15.0 Å². The van der Waals surface area contributed by atoms with Gasteiger partial charge in [0.25, 0.3) is 5.91 Å². The van der Waals surface area contributed by atoms with E-state index in [1.165, 1.54) is 10.9 Å². The van der Waals surface area contributed by atoms with E-state index in [1.54, 1.807) is 11.0 Å². The predicted molar refractivity (Wildman–Crippen MR) is 91.3 cm³/mol. The molecule has 6 nitrogen and oxygen atoms in total. The van der Waals surface area contributed by atoms with Crippen molar-refractivity contribution < 1.29 is 9.59 Å². The summed E-state index contributed by atoms with van der Waals surface area (Å²) < 4.78 is 1.41. The monoisotopic (exact) mass is 346 g/mol. The minimum absolute atomic E-state index is 0.0321. The molecule has 1 aliphatic heterocycles. The minimum atomic E-state index is -0.458. The molecule has 0 N–H and O–H groups in total. The van der Waals surface area contributed by atoms with Gasteiger partial charge in [-0.2, -0.15) is 0 Å². The third kappa shape index (κ3) is 3.19. The third-order valence-corrected chi connectivity index (χ3v) is 4.32. The van der Waals surface area contributed by atoms with Gasteiger partial charge in [0.1, 0.15) is 6.54 Å². The van der Waals surface area contributed by atoms with Crippen molar-refractivity contribution in [2.45, 2.75) is 33.7 Å². The quantitative estimate of drug-likeness (QED) is 0.857. The molecule has 0 atom stereocenters. The average molecular weight is 347 g/mol. The van der Waals surface area contributed by atoms with Gasteiger partial charge in [-0.1, -0.05) is 43.7 Å². The lowest BCUT2D eigenvalue weighted by Crippen LogP contribution is -2.29. The van der Waals surface area contributed by atoms with Crippen LogP contribution in [-0.2, 0) is 17.8 Å². The Balaban J connectivity index is 1.78. The van der Waals surface area contributed by atoms with E-state index in [0.717, 1.165) is 17.7 Å². The van der Waals surface area contributed by atoms with E-state index in [2.05, 4.69) is 10.3 Å². The SMILES string of the molecule is CC(C)(C)C(=O)Cn1cc(C(=O)N2CCc3ccc(Cl)cc32)nn1. The summed E-state index contributed by atoms with van der Waals surface area (Å²) in [6.45, 7) is 6.24. The molecule has 7 heteroatoms. The number of halogens is 1. The fourth-order valence-corrected chi connectivity index (χ4v) is 2.73.